The van der Waals surface area contributed by atoms with E-state index < -0.39 is 10.0 Å². The average molecular weight is 370 g/mol. The Morgan fingerprint density at radius 1 is 1.33 bits per heavy atom. The van der Waals surface area contributed by atoms with Gasteiger partial charge in [0, 0.05) is 17.2 Å². The van der Waals surface area contributed by atoms with Gasteiger partial charge in [0.2, 0.25) is 0 Å². The molecule has 112 valence electrons. The molecule has 3 N–H and O–H groups in total. The van der Waals surface area contributed by atoms with Gasteiger partial charge in [0.25, 0.3) is 10.0 Å². The molecule has 0 saturated heterocycles. The molecule has 2 rings (SSSR count). The van der Waals surface area contributed by atoms with E-state index in [4.69, 9.17) is 5.73 Å². The number of sulfonamides is 1. The fourth-order valence-corrected chi connectivity index (χ4v) is 3.95. The first-order valence-corrected chi connectivity index (χ1v) is 8.55. The minimum absolute atomic E-state index is 0.209. The summed E-state index contributed by atoms with van der Waals surface area (Å²) in [7, 11) is -3.70. The van der Waals surface area contributed by atoms with Crippen LogP contribution in [0.2, 0.25) is 0 Å². The first-order valence-electron chi connectivity index (χ1n) is 6.27. The minimum Gasteiger partial charge on any atom is -0.326 e. The number of aromatic nitrogens is 1. The number of benzene rings is 1. The van der Waals surface area contributed by atoms with E-state index in [0.29, 0.717) is 15.7 Å². The third-order valence-electron chi connectivity index (χ3n) is 3.17. The van der Waals surface area contributed by atoms with Crippen LogP contribution in [0.4, 0.5) is 5.69 Å². The Morgan fingerprint density at radius 2 is 2.05 bits per heavy atom. The molecule has 0 amide bonds. The molecule has 0 aliphatic heterocycles. The maximum Gasteiger partial charge on any atom is 0.262 e. The quantitative estimate of drug-likeness (QED) is 0.867. The Labute approximate surface area is 132 Å². The van der Waals surface area contributed by atoms with Crippen molar-refractivity contribution in [1.29, 1.82) is 0 Å². The van der Waals surface area contributed by atoms with Crippen LogP contribution in [0.15, 0.2) is 40.0 Å². The van der Waals surface area contributed by atoms with Gasteiger partial charge in [0.15, 0.2) is 0 Å². The highest BCUT2D eigenvalue weighted by Gasteiger charge is 2.20. The summed E-state index contributed by atoms with van der Waals surface area (Å²) in [4.78, 5) is 4.15. The van der Waals surface area contributed by atoms with Crippen molar-refractivity contribution in [3.05, 3.63) is 51.8 Å². The number of halogens is 1. The van der Waals surface area contributed by atoms with E-state index in [9.17, 15) is 8.42 Å². The molecule has 0 saturated carbocycles. The van der Waals surface area contributed by atoms with Crippen LogP contribution < -0.4 is 10.5 Å². The number of nitrogens with one attached hydrogen (secondary N) is 1. The fourth-order valence-electron chi connectivity index (χ4n) is 1.87. The first kappa shape index (κ1) is 15.9. The van der Waals surface area contributed by atoms with Gasteiger partial charge in [-0.3, -0.25) is 9.71 Å². The molecule has 0 aliphatic rings. The zero-order chi connectivity index (χ0) is 15.6. The number of hydrogen-bond donors (Lipinski definition) is 2. The molecular formula is C14H16BrN3O2S. The van der Waals surface area contributed by atoms with Gasteiger partial charge in [-0.05, 0) is 48.7 Å². The largest absolute Gasteiger partial charge is 0.326 e. The van der Waals surface area contributed by atoms with Crippen LogP contribution in [0.1, 0.15) is 16.7 Å². The fraction of sp³-hybridized carbons (Fsp3) is 0.214. The highest BCUT2D eigenvalue weighted by molar-refractivity contribution is 9.10. The SMILES string of the molecule is Cc1ccncc1NS(=O)(=O)c1cc(CN)cc(Br)c1C. The molecule has 1 aromatic carbocycles. The van der Waals surface area contributed by atoms with Gasteiger partial charge in [-0.2, -0.15) is 0 Å². The third kappa shape index (κ3) is 3.42. The maximum absolute atomic E-state index is 12.6. The second-order valence-electron chi connectivity index (χ2n) is 4.70. The standard InChI is InChI=1S/C14H16BrN3O2S/c1-9-3-4-17-8-13(9)18-21(19,20)14-6-11(7-16)5-12(15)10(14)2/h3-6,8,18H,7,16H2,1-2H3. The predicted molar refractivity (Wildman–Crippen MR) is 86.6 cm³/mol. The van der Waals surface area contributed by atoms with Crippen molar-refractivity contribution in [3.63, 3.8) is 0 Å². The number of rotatable bonds is 4. The summed E-state index contributed by atoms with van der Waals surface area (Å²) in [5.41, 5.74) is 8.27. The Bertz CT molecular complexity index is 776. The van der Waals surface area contributed by atoms with Gasteiger partial charge in [0.1, 0.15) is 0 Å². The number of aryl methyl sites for hydroxylation is 1. The van der Waals surface area contributed by atoms with Crippen LogP contribution in [-0.2, 0) is 16.6 Å². The van der Waals surface area contributed by atoms with Gasteiger partial charge in [-0.15, -0.1) is 0 Å². The second kappa shape index (κ2) is 6.13. The lowest BCUT2D eigenvalue weighted by Gasteiger charge is -2.14. The molecule has 2 aromatic rings. The molecule has 0 unspecified atom stereocenters. The molecule has 1 aromatic heterocycles. The highest BCUT2D eigenvalue weighted by Crippen LogP contribution is 2.27. The first-order chi connectivity index (χ1) is 9.85. The molecular weight excluding hydrogens is 354 g/mol. The number of nitrogens with zero attached hydrogens (tertiary/aromatic N) is 1. The van der Waals surface area contributed by atoms with Crippen molar-refractivity contribution in [2.24, 2.45) is 5.73 Å². The normalized spacial score (nSPS) is 11.4. The van der Waals surface area contributed by atoms with Crippen molar-refractivity contribution in [1.82, 2.24) is 4.98 Å². The Kier molecular flexibility index (Phi) is 4.65. The van der Waals surface area contributed by atoms with Crippen molar-refractivity contribution in [2.45, 2.75) is 25.3 Å². The van der Waals surface area contributed by atoms with E-state index in [-0.39, 0.29) is 11.4 Å². The van der Waals surface area contributed by atoms with Crippen molar-refractivity contribution in [3.8, 4) is 0 Å². The summed E-state index contributed by atoms with van der Waals surface area (Å²) in [6.07, 6.45) is 3.11. The molecule has 0 bridgehead atoms. The number of hydrogen-bond acceptors (Lipinski definition) is 4. The van der Waals surface area contributed by atoms with Crippen LogP contribution in [0.5, 0.6) is 0 Å². The van der Waals surface area contributed by atoms with Gasteiger partial charge in [0.05, 0.1) is 16.8 Å². The predicted octanol–water partition coefficient (Wildman–Crippen LogP) is 2.72. The number of anilines is 1. The van der Waals surface area contributed by atoms with E-state index in [1.807, 2.05) is 13.0 Å². The maximum atomic E-state index is 12.6. The van der Waals surface area contributed by atoms with E-state index in [1.165, 1.54) is 6.20 Å². The van der Waals surface area contributed by atoms with Gasteiger partial charge in [-0.25, -0.2) is 8.42 Å². The molecule has 0 spiro atoms. The van der Waals surface area contributed by atoms with Crippen LogP contribution in [0.25, 0.3) is 0 Å². The third-order valence-corrected chi connectivity index (χ3v) is 5.48. The average Bonchev–Trinajstić information content (AvgIpc) is 2.43. The van der Waals surface area contributed by atoms with Crippen molar-refractivity contribution < 1.29 is 8.42 Å². The molecule has 21 heavy (non-hydrogen) atoms. The van der Waals surface area contributed by atoms with E-state index in [1.54, 1.807) is 25.3 Å². The lowest BCUT2D eigenvalue weighted by atomic mass is 10.1. The number of nitrogens with two attached hydrogens (primary N) is 1. The lowest BCUT2D eigenvalue weighted by Crippen LogP contribution is -2.16. The van der Waals surface area contributed by atoms with E-state index in [2.05, 4.69) is 25.6 Å². The van der Waals surface area contributed by atoms with Crippen molar-refractivity contribution in [2.75, 3.05) is 4.72 Å². The summed E-state index contributed by atoms with van der Waals surface area (Å²) in [6, 6.07) is 5.16. The Balaban J connectivity index is 2.50. The van der Waals surface area contributed by atoms with Gasteiger partial charge in [-0.1, -0.05) is 15.9 Å². The Morgan fingerprint density at radius 3 is 2.67 bits per heavy atom. The van der Waals surface area contributed by atoms with E-state index in [0.717, 1.165) is 11.1 Å². The Hall–Kier alpha value is -1.44. The highest BCUT2D eigenvalue weighted by atomic mass is 79.9. The summed E-state index contributed by atoms with van der Waals surface area (Å²) >= 11 is 3.37. The number of pyridine rings is 1. The van der Waals surface area contributed by atoms with Crippen LogP contribution in [-0.4, -0.2) is 13.4 Å². The van der Waals surface area contributed by atoms with Gasteiger partial charge >= 0.3 is 0 Å². The molecule has 0 radical (unpaired) electrons. The summed E-state index contributed by atoms with van der Waals surface area (Å²) in [5, 5.41) is 0. The second-order valence-corrected chi connectivity index (χ2v) is 7.21. The lowest BCUT2D eigenvalue weighted by molar-refractivity contribution is 0.600. The zero-order valence-electron chi connectivity index (χ0n) is 11.7. The summed E-state index contributed by atoms with van der Waals surface area (Å²) in [5.74, 6) is 0. The van der Waals surface area contributed by atoms with Crippen molar-refractivity contribution >= 4 is 31.6 Å². The molecule has 0 aliphatic carbocycles. The summed E-state index contributed by atoms with van der Waals surface area (Å²) in [6.45, 7) is 3.83. The van der Waals surface area contributed by atoms with E-state index >= 15 is 0 Å². The summed E-state index contributed by atoms with van der Waals surface area (Å²) < 4.78 is 28.5. The molecule has 5 nitrogen and oxygen atoms in total. The molecule has 1 heterocycles. The zero-order valence-corrected chi connectivity index (χ0v) is 14.1. The smallest absolute Gasteiger partial charge is 0.262 e. The molecule has 0 fully saturated rings. The minimum atomic E-state index is -3.70. The topological polar surface area (TPSA) is 85.1 Å². The van der Waals surface area contributed by atoms with Gasteiger partial charge < -0.3 is 5.73 Å². The monoisotopic (exact) mass is 369 g/mol. The molecule has 0 atom stereocenters. The van der Waals surface area contributed by atoms with Crippen LogP contribution in [0.3, 0.4) is 0 Å². The molecule has 7 heteroatoms. The van der Waals surface area contributed by atoms with Crippen LogP contribution in [0, 0.1) is 13.8 Å². The van der Waals surface area contributed by atoms with Crippen LogP contribution >= 0.6 is 15.9 Å².